The number of nitrogens with zero attached hydrogens (tertiary/aromatic N) is 1. The second kappa shape index (κ2) is 6.11. The number of urea groups is 1. The fourth-order valence-electron chi connectivity index (χ4n) is 4.53. The highest BCUT2D eigenvalue weighted by atomic mass is 16.2. The molecule has 1 saturated carbocycles. The summed E-state index contributed by atoms with van der Waals surface area (Å²) in [6.07, 6.45) is 5.26. The van der Waals surface area contributed by atoms with Gasteiger partial charge in [-0.25, -0.2) is 4.79 Å². The van der Waals surface area contributed by atoms with Gasteiger partial charge in [0.1, 0.15) is 0 Å². The fraction of sp³-hybridized carbons (Fsp3) is 0.579. The number of nitrogens with one attached hydrogen (secondary N) is 2. The van der Waals surface area contributed by atoms with E-state index in [-0.39, 0.29) is 11.9 Å². The van der Waals surface area contributed by atoms with E-state index >= 15 is 0 Å². The summed E-state index contributed by atoms with van der Waals surface area (Å²) >= 11 is 0. The molecule has 0 bridgehead atoms. The summed E-state index contributed by atoms with van der Waals surface area (Å²) in [5.41, 5.74) is 3.31. The third-order valence-electron chi connectivity index (χ3n) is 5.95. The first-order valence-electron chi connectivity index (χ1n) is 9.07. The molecule has 24 heavy (non-hydrogen) atoms. The van der Waals surface area contributed by atoms with Crippen LogP contribution in [0, 0.1) is 5.92 Å². The van der Waals surface area contributed by atoms with Gasteiger partial charge in [-0.2, -0.15) is 0 Å². The van der Waals surface area contributed by atoms with Crippen molar-refractivity contribution in [2.45, 2.75) is 37.5 Å². The lowest BCUT2D eigenvalue weighted by Gasteiger charge is -2.27. The number of aryl methyl sites for hydroxylation is 1. The van der Waals surface area contributed by atoms with Crippen LogP contribution in [0.4, 0.5) is 4.79 Å². The van der Waals surface area contributed by atoms with Crippen LogP contribution >= 0.6 is 0 Å². The standard InChI is InChI=1S/C19H25N3O2/c23-17-7-10-22(11-9-20-17)18(24)21-13-15-12-19(15)8-3-5-14-4-1-2-6-16(14)19/h1-2,4,6,15H,3,5,7-13H2,(H,20,23)(H,21,24)/t15-,19+/m0/s1. The number of amides is 3. The van der Waals surface area contributed by atoms with Crippen molar-refractivity contribution in [3.8, 4) is 0 Å². The highest BCUT2D eigenvalue weighted by molar-refractivity contribution is 5.79. The molecule has 5 nitrogen and oxygen atoms in total. The van der Waals surface area contributed by atoms with Crippen molar-refractivity contribution in [2.75, 3.05) is 26.2 Å². The summed E-state index contributed by atoms with van der Waals surface area (Å²) < 4.78 is 0. The van der Waals surface area contributed by atoms with E-state index in [9.17, 15) is 9.59 Å². The van der Waals surface area contributed by atoms with Crippen molar-refractivity contribution in [1.82, 2.24) is 15.5 Å². The maximum absolute atomic E-state index is 12.4. The summed E-state index contributed by atoms with van der Waals surface area (Å²) in [5.74, 6) is 0.583. The molecule has 1 spiro atoms. The minimum Gasteiger partial charge on any atom is -0.354 e. The van der Waals surface area contributed by atoms with E-state index in [0.29, 0.717) is 37.4 Å². The van der Waals surface area contributed by atoms with Gasteiger partial charge in [-0.05, 0) is 42.7 Å². The van der Waals surface area contributed by atoms with Crippen molar-refractivity contribution in [1.29, 1.82) is 0 Å². The van der Waals surface area contributed by atoms with E-state index < -0.39 is 0 Å². The maximum atomic E-state index is 12.4. The van der Waals surface area contributed by atoms with Crippen LogP contribution < -0.4 is 10.6 Å². The average molecular weight is 327 g/mol. The largest absolute Gasteiger partial charge is 0.354 e. The minimum atomic E-state index is -0.0300. The first kappa shape index (κ1) is 15.5. The molecular formula is C19H25N3O2. The summed E-state index contributed by atoms with van der Waals surface area (Å²) in [4.78, 5) is 25.5. The molecule has 3 aliphatic rings. The number of benzene rings is 1. The van der Waals surface area contributed by atoms with Crippen LogP contribution in [-0.4, -0.2) is 43.0 Å². The summed E-state index contributed by atoms with van der Waals surface area (Å²) in [6.45, 7) is 2.39. The van der Waals surface area contributed by atoms with Gasteiger partial charge in [0.25, 0.3) is 0 Å². The van der Waals surface area contributed by atoms with Crippen molar-refractivity contribution in [3.05, 3.63) is 35.4 Å². The topological polar surface area (TPSA) is 61.4 Å². The Balaban J connectivity index is 1.35. The lowest BCUT2D eigenvalue weighted by Crippen LogP contribution is -2.43. The normalized spacial score (nSPS) is 28.8. The van der Waals surface area contributed by atoms with Crippen LogP contribution in [-0.2, 0) is 16.6 Å². The third-order valence-corrected chi connectivity index (χ3v) is 5.95. The van der Waals surface area contributed by atoms with Crippen molar-refractivity contribution in [3.63, 3.8) is 0 Å². The number of carbonyl (C=O) groups is 2. The smallest absolute Gasteiger partial charge is 0.317 e. The van der Waals surface area contributed by atoms with E-state index in [2.05, 4.69) is 34.9 Å². The Morgan fingerprint density at radius 3 is 3.08 bits per heavy atom. The SMILES string of the molecule is O=C1CCN(C(=O)NC[C@@H]2C[C@]23CCCc2ccccc23)CCN1. The number of hydrogen-bond donors (Lipinski definition) is 2. The van der Waals surface area contributed by atoms with Crippen LogP contribution in [0.2, 0.25) is 0 Å². The molecular weight excluding hydrogens is 302 g/mol. The van der Waals surface area contributed by atoms with Crippen LogP contribution in [0.1, 0.15) is 36.8 Å². The van der Waals surface area contributed by atoms with Gasteiger partial charge in [0.2, 0.25) is 5.91 Å². The molecule has 2 fully saturated rings. The first-order chi connectivity index (χ1) is 11.7. The highest BCUT2D eigenvalue weighted by Gasteiger charge is 2.56. The molecule has 1 heterocycles. The molecule has 1 aromatic carbocycles. The molecule has 0 radical (unpaired) electrons. The maximum Gasteiger partial charge on any atom is 0.317 e. The number of carbonyl (C=O) groups excluding carboxylic acids is 2. The highest BCUT2D eigenvalue weighted by Crippen LogP contribution is 2.59. The molecule has 2 aliphatic carbocycles. The van der Waals surface area contributed by atoms with Crippen LogP contribution in [0.25, 0.3) is 0 Å². The quantitative estimate of drug-likeness (QED) is 0.870. The van der Waals surface area contributed by atoms with E-state index in [0.717, 1.165) is 6.54 Å². The molecule has 2 N–H and O–H groups in total. The summed E-state index contributed by atoms with van der Waals surface area (Å²) in [6, 6.07) is 8.78. The molecule has 1 aromatic rings. The van der Waals surface area contributed by atoms with E-state index in [1.165, 1.54) is 36.8 Å². The fourth-order valence-corrected chi connectivity index (χ4v) is 4.53. The second-order valence-corrected chi connectivity index (χ2v) is 7.34. The van der Waals surface area contributed by atoms with Gasteiger partial charge in [0.05, 0.1) is 0 Å². The Morgan fingerprint density at radius 1 is 1.29 bits per heavy atom. The van der Waals surface area contributed by atoms with Crippen LogP contribution in [0.3, 0.4) is 0 Å². The van der Waals surface area contributed by atoms with Gasteiger partial charge < -0.3 is 15.5 Å². The van der Waals surface area contributed by atoms with Crippen molar-refractivity contribution in [2.24, 2.45) is 5.92 Å². The molecule has 2 atom stereocenters. The Morgan fingerprint density at radius 2 is 2.17 bits per heavy atom. The average Bonchev–Trinajstić information content (AvgIpc) is 3.33. The van der Waals surface area contributed by atoms with Crippen LogP contribution in [0.5, 0.6) is 0 Å². The Kier molecular flexibility index (Phi) is 3.94. The Hall–Kier alpha value is -2.04. The monoisotopic (exact) mass is 327 g/mol. The molecule has 1 saturated heterocycles. The van der Waals surface area contributed by atoms with Crippen LogP contribution in [0.15, 0.2) is 24.3 Å². The lowest BCUT2D eigenvalue weighted by atomic mass is 9.78. The number of hydrogen-bond acceptors (Lipinski definition) is 2. The van der Waals surface area contributed by atoms with E-state index in [4.69, 9.17) is 0 Å². The first-order valence-corrected chi connectivity index (χ1v) is 9.07. The van der Waals surface area contributed by atoms with E-state index in [1.54, 1.807) is 4.90 Å². The van der Waals surface area contributed by atoms with Gasteiger partial charge in [-0.15, -0.1) is 0 Å². The predicted octanol–water partition coefficient (Wildman–Crippen LogP) is 1.81. The Labute approximate surface area is 142 Å². The van der Waals surface area contributed by atoms with Gasteiger partial charge in [0, 0.05) is 38.0 Å². The molecule has 5 heteroatoms. The summed E-state index contributed by atoms with van der Waals surface area (Å²) in [7, 11) is 0. The molecule has 4 rings (SSSR count). The molecule has 3 amide bonds. The predicted molar refractivity (Wildman–Crippen MR) is 91.8 cm³/mol. The number of fused-ring (bicyclic) bond motifs is 2. The lowest BCUT2D eigenvalue weighted by molar-refractivity contribution is -0.120. The zero-order chi connectivity index (χ0) is 16.6. The van der Waals surface area contributed by atoms with Gasteiger partial charge in [0.15, 0.2) is 0 Å². The molecule has 0 unspecified atom stereocenters. The Bertz CT molecular complexity index is 660. The zero-order valence-corrected chi connectivity index (χ0v) is 14.0. The zero-order valence-electron chi connectivity index (χ0n) is 14.0. The third kappa shape index (κ3) is 2.76. The molecule has 1 aliphatic heterocycles. The van der Waals surface area contributed by atoms with Gasteiger partial charge in [-0.3, -0.25) is 4.79 Å². The second-order valence-electron chi connectivity index (χ2n) is 7.34. The molecule has 0 aromatic heterocycles. The summed E-state index contributed by atoms with van der Waals surface area (Å²) in [5, 5.41) is 5.91. The minimum absolute atomic E-state index is 0.0300. The van der Waals surface area contributed by atoms with E-state index in [1.807, 2.05) is 0 Å². The number of rotatable bonds is 2. The van der Waals surface area contributed by atoms with Crippen molar-refractivity contribution < 1.29 is 9.59 Å². The van der Waals surface area contributed by atoms with Gasteiger partial charge >= 0.3 is 6.03 Å². The van der Waals surface area contributed by atoms with Gasteiger partial charge in [-0.1, -0.05) is 24.3 Å². The van der Waals surface area contributed by atoms with Crippen molar-refractivity contribution >= 4 is 11.9 Å². The molecule has 128 valence electrons.